The fourth-order valence-corrected chi connectivity index (χ4v) is 2.83. The van der Waals surface area contributed by atoms with Crippen molar-refractivity contribution < 1.29 is 0 Å². The maximum Gasteiger partial charge on any atom is 0.0708 e. The molecule has 2 aromatic carbocycles. The van der Waals surface area contributed by atoms with Gasteiger partial charge in [-0.3, -0.25) is 4.98 Å². The molecule has 106 valence electrons. The van der Waals surface area contributed by atoms with E-state index in [1.807, 2.05) is 25.1 Å². The summed E-state index contributed by atoms with van der Waals surface area (Å²) in [4.78, 5) is 4.59. The Balaban J connectivity index is 2.02. The van der Waals surface area contributed by atoms with Crippen molar-refractivity contribution in [1.82, 2.24) is 4.98 Å². The van der Waals surface area contributed by atoms with Crippen LogP contribution in [0, 0.1) is 13.8 Å². The van der Waals surface area contributed by atoms with E-state index in [0.29, 0.717) is 0 Å². The summed E-state index contributed by atoms with van der Waals surface area (Å²) in [5, 5.41) is 1.16. The molecule has 0 saturated heterocycles. The normalized spacial score (nSPS) is 12.5. The first-order chi connectivity index (χ1) is 10.1. The molecule has 0 aliphatic heterocycles. The number of fused-ring (bicyclic) bond motifs is 1. The summed E-state index contributed by atoms with van der Waals surface area (Å²) >= 11 is 0. The minimum Gasteiger partial charge on any atom is -0.324 e. The van der Waals surface area contributed by atoms with Gasteiger partial charge in [0.25, 0.3) is 0 Å². The van der Waals surface area contributed by atoms with Gasteiger partial charge in [-0.25, -0.2) is 0 Å². The van der Waals surface area contributed by atoms with Crippen molar-refractivity contribution in [2.45, 2.75) is 26.3 Å². The van der Waals surface area contributed by atoms with Crippen LogP contribution in [-0.2, 0) is 6.42 Å². The predicted molar refractivity (Wildman–Crippen MR) is 88.3 cm³/mol. The molecule has 0 saturated carbocycles. The molecule has 2 N–H and O–H groups in total. The SMILES string of the molecule is Cc1cc(C(N)Cc2ccccc2C)c2ccccc2n1. The van der Waals surface area contributed by atoms with Crippen LogP contribution < -0.4 is 5.73 Å². The second kappa shape index (κ2) is 5.66. The first kappa shape index (κ1) is 13.8. The second-order valence-electron chi connectivity index (χ2n) is 5.61. The number of aryl methyl sites for hydroxylation is 2. The number of pyridine rings is 1. The largest absolute Gasteiger partial charge is 0.324 e. The molecule has 0 spiro atoms. The zero-order valence-corrected chi connectivity index (χ0v) is 12.5. The van der Waals surface area contributed by atoms with E-state index in [2.05, 4.69) is 48.3 Å². The van der Waals surface area contributed by atoms with Crippen molar-refractivity contribution in [2.75, 3.05) is 0 Å². The minimum absolute atomic E-state index is 0.0160. The second-order valence-corrected chi connectivity index (χ2v) is 5.61. The number of aromatic nitrogens is 1. The lowest BCUT2D eigenvalue weighted by atomic mass is 9.94. The third-order valence-corrected chi connectivity index (χ3v) is 3.98. The quantitative estimate of drug-likeness (QED) is 0.782. The van der Waals surface area contributed by atoms with Gasteiger partial charge in [0.2, 0.25) is 0 Å². The Bertz CT molecular complexity index is 777. The van der Waals surface area contributed by atoms with Gasteiger partial charge in [0.05, 0.1) is 5.52 Å². The highest BCUT2D eigenvalue weighted by molar-refractivity contribution is 5.82. The van der Waals surface area contributed by atoms with Gasteiger partial charge in [0.15, 0.2) is 0 Å². The molecule has 0 aliphatic carbocycles. The van der Waals surface area contributed by atoms with Gasteiger partial charge in [-0.05, 0) is 49.1 Å². The molecular weight excluding hydrogens is 256 g/mol. The van der Waals surface area contributed by atoms with Crippen LogP contribution in [0.2, 0.25) is 0 Å². The molecule has 1 aromatic heterocycles. The third kappa shape index (κ3) is 2.81. The lowest BCUT2D eigenvalue weighted by Gasteiger charge is -2.16. The number of benzene rings is 2. The van der Waals surface area contributed by atoms with Crippen LogP contribution in [-0.4, -0.2) is 4.98 Å². The van der Waals surface area contributed by atoms with Crippen molar-refractivity contribution >= 4 is 10.9 Å². The van der Waals surface area contributed by atoms with Gasteiger partial charge in [0.1, 0.15) is 0 Å². The van der Waals surface area contributed by atoms with Crippen LogP contribution in [0.4, 0.5) is 0 Å². The highest BCUT2D eigenvalue weighted by atomic mass is 14.7. The van der Waals surface area contributed by atoms with Crippen LogP contribution in [0.3, 0.4) is 0 Å². The van der Waals surface area contributed by atoms with E-state index >= 15 is 0 Å². The van der Waals surface area contributed by atoms with Crippen LogP contribution in [0.5, 0.6) is 0 Å². The van der Waals surface area contributed by atoms with Crippen LogP contribution >= 0.6 is 0 Å². The summed E-state index contributed by atoms with van der Waals surface area (Å²) in [5.74, 6) is 0. The molecule has 3 rings (SSSR count). The minimum atomic E-state index is -0.0160. The molecule has 0 aliphatic rings. The lowest BCUT2D eigenvalue weighted by Crippen LogP contribution is -2.15. The molecule has 0 radical (unpaired) electrons. The first-order valence-corrected chi connectivity index (χ1v) is 7.31. The molecular formula is C19H20N2. The van der Waals surface area contributed by atoms with Gasteiger partial charge in [-0.1, -0.05) is 42.5 Å². The number of nitrogens with zero attached hydrogens (tertiary/aromatic N) is 1. The average molecular weight is 276 g/mol. The fraction of sp³-hybridized carbons (Fsp3) is 0.211. The molecule has 0 fully saturated rings. The number of para-hydroxylation sites is 1. The van der Waals surface area contributed by atoms with E-state index in [4.69, 9.17) is 5.73 Å². The Morgan fingerprint density at radius 1 is 1.00 bits per heavy atom. The van der Waals surface area contributed by atoms with Crippen molar-refractivity contribution in [3.8, 4) is 0 Å². The average Bonchev–Trinajstić information content (AvgIpc) is 2.48. The van der Waals surface area contributed by atoms with E-state index in [0.717, 1.165) is 23.0 Å². The maximum absolute atomic E-state index is 6.50. The molecule has 2 nitrogen and oxygen atoms in total. The molecule has 2 heteroatoms. The van der Waals surface area contributed by atoms with Gasteiger partial charge < -0.3 is 5.73 Å². The molecule has 1 heterocycles. The lowest BCUT2D eigenvalue weighted by molar-refractivity contribution is 0.723. The molecule has 1 atom stereocenters. The number of hydrogen-bond acceptors (Lipinski definition) is 2. The topological polar surface area (TPSA) is 38.9 Å². The zero-order chi connectivity index (χ0) is 14.8. The maximum atomic E-state index is 6.50. The van der Waals surface area contributed by atoms with Gasteiger partial charge >= 0.3 is 0 Å². The fourth-order valence-electron chi connectivity index (χ4n) is 2.83. The summed E-state index contributed by atoms with van der Waals surface area (Å²) in [6, 6.07) is 18.8. The Morgan fingerprint density at radius 2 is 1.71 bits per heavy atom. The Hall–Kier alpha value is -2.19. The zero-order valence-electron chi connectivity index (χ0n) is 12.5. The molecule has 1 unspecified atom stereocenters. The van der Waals surface area contributed by atoms with E-state index in [1.54, 1.807) is 0 Å². The van der Waals surface area contributed by atoms with Crippen molar-refractivity contribution in [1.29, 1.82) is 0 Å². The number of nitrogens with two attached hydrogens (primary N) is 1. The van der Waals surface area contributed by atoms with E-state index in [9.17, 15) is 0 Å². The third-order valence-electron chi connectivity index (χ3n) is 3.98. The highest BCUT2D eigenvalue weighted by Gasteiger charge is 2.13. The number of rotatable bonds is 3. The monoisotopic (exact) mass is 276 g/mol. The van der Waals surface area contributed by atoms with E-state index in [1.165, 1.54) is 16.7 Å². The predicted octanol–water partition coefficient (Wildman–Crippen LogP) is 4.09. The molecule has 3 aromatic rings. The van der Waals surface area contributed by atoms with Crippen molar-refractivity contribution in [3.63, 3.8) is 0 Å². The Morgan fingerprint density at radius 3 is 2.52 bits per heavy atom. The van der Waals surface area contributed by atoms with Gasteiger partial charge in [0, 0.05) is 17.1 Å². The Labute approximate surface area is 125 Å². The molecule has 0 amide bonds. The van der Waals surface area contributed by atoms with Crippen LogP contribution in [0.25, 0.3) is 10.9 Å². The summed E-state index contributed by atoms with van der Waals surface area (Å²) in [5.41, 5.74) is 12.3. The highest BCUT2D eigenvalue weighted by Crippen LogP contribution is 2.26. The van der Waals surface area contributed by atoms with Crippen molar-refractivity contribution in [2.24, 2.45) is 5.73 Å². The van der Waals surface area contributed by atoms with E-state index < -0.39 is 0 Å². The summed E-state index contributed by atoms with van der Waals surface area (Å²) in [6.45, 7) is 4.16. The number of hydrogen-bond donors (Lipinski definition) is 1. The summed E-state index contributed by atoms with van der Waals surface area (Å²) < 4.78 is 0. The molecule has 0 bridgehead atoms. The molecule has 21 heavy (non-hydrogen) atoms. The van der Waals surface area contributed by atoms with Crippen LogP contribution in [0.1, 0.15) is 28.4 Å². The standard InChI is InChI=1S/C19H20N2/c1-13-7-3-4-8-15(13)12-18(20)17-11-14(2)21-19-10-6-5-9-16(17)19/h3-11,18H,12,20H2,1-2H3. The van der Waals surface area contributed by atoms with Gasteiger partial charge in [-0.2, -0.15) is 0 Å². The summed E-state index contributed by atoms with van der Waals surface area (Å²) in [7, 11) is 0. The van der Waals surface area contributed by atoms with E-state index in [-0.39, 0.29) is 6.04 Å². The first-order valence-electron chi connectivity index (χ1n) is 7.31. The van der Waals surface area contributed by atoms with Gasteiger partial charge in [-0.15, -0.1) is 0 Å². The van der Waals surface area contributed by atoms with Crippen molar-refractivity contribution in [3.05, 3.63) is 77.0 Å². The smallest absolute Gasteiger partial charge is 0.0708 e. The Kier molecular flexibility index (Phi) is 3.72. The summed E-state index contributed by atoms with van der Waals surface area (Å²) in [6.07, 6.45) is 0.847. The van der Waals surface area contributed by atoms with Crippen LogP contribution in [0.15, 0.2) is 54.6 Å².